The molecule has 2 aromatic heterocycles. The smallest absolute Gasteiger partial charge is 0.267 e. The highest BCUT2D eigenvalue weighted by molar-refractivity contribution is 8.00. The molecule has 4 rings (SSSR count). The SMILES string of the molecule is CC(CCc1ccccc1)NC(=O)C(C)Sc1nc2sccc2c(=O)n1-c1ccccc1. The molecule has 0 bridgehead atoms. The summed E-state index contributed by atoms with van der Waals surface area (Å²) in [4.78, 5) is 31.4. The molecule has 0 aliphatic carbocycles. The van der Waals surface area contributed by atoms with Gasteiger partial charge in [0.2, 0.25) is 5.91 Å². The van der Waals surface area contributed by atoms with Crippen molar-refractivity contribution in [3.8, 4) is 5.69 Å². The summed E-state index contributed by atoms with van der Waals surface area (Å²) in [5, 5.41) is 5.69. The number of thiophene rings is 1. The maximum atomic E-state index is 13.2. The predicted octanol–water partition coefficient (Wildman–Crippen LogP) is 5.07. The van der Waals surface area contributed by atoms with E-state index in [-0.39, 0.29) is 17.5 Å². The third-order valence-electron chi connectivity index (χ3n) is 5.23. The van der Waals surface area contributed by atoms with Crippen molar-refractivity contribution in [3.63, 3.8) is 0 Å². The molecule has 7 heteroatoms. The predicted molar refractivity (Wildman–Crippen MR) is 133 cm³/mol. The summed E-state index contributed by atoms with van der Waals surface area (Å²) in [5.74, 6) is -0.0595. The van der Waals surface area contributed by atoms with Gasteiger partial charge in [-0.2, -0.15) is 0 Å². The monoisotopic (exact) mass is 463 g/mol. The number of carbonyl (C=O) groups is 1. The van der Waals surface area contributed by atoms with E-state index in [1.165, 1.54) is 28.7 Å². The van der Waals surface area contributed by atoms with E-state index in [2.05, 4.69) is 17.4 Å². The number of benzene rings is 2. The van der Waals surface area contributed by atoms with Crippen LogP contribution in [-0.2, 0) is 11.2 Å². The average molecular weight is 464 g/mol. The number of fused-ring (bicyclic) bond motifs is 1. The number of rotatable bonds is 8. The second-order valence-electron chi connectivity index (χ2n) is 7.70. The second kappa shape index (κ2) is 10.1. The Hall–Kier alpha value is -2.90. The van der Waals surface area contributed by atoms with Gasteiger partial charge in [-0.25, -0.2) is 4.98 Å². The van der Waals surface area contributed by atoms with Crippen LogP contribution in [0.5, 0.6) is 0 Å². The number of hydrogen-bond acceptors (Lipinski definition) is 5. The molecule has 2 aromatic carbocycles. The Balaban J connectivity index is 1.50. The minimum atomic E-state index is -0.395. The van der Waals surface area contributed by atoms with Crippen molar-refractivity contribution in [3.05, 3.63) is 88.0 Å². The van der Waals surface area contributed by atoms with Crippen LogP contribution in [0.25, 0.3) is 15.9 Å². The number of para-hydroxylation sites is 1. The van der Waals surface area contributed by atoms with E-state index in [9.17, 15) is 9.59 Å². The van der Waals surface area contributed by atoms with Gasteiger partial charge < -0.3 is 5.32 Å². The van der Waals surface area contributed by atoms with Crippen molar-refractivity contribution >= 4 is 39.2 Å². The summed E-state index contributed by atoms with van der Waals surface area (Å²) >= 11 is 2.74. The Labute approximate surface area is 195 Å². The number of thioether (sulfide) groups is 1. The molecule has 0 aliphatic rings. The molecular weight excluding hydrogens is 438 g/mol. The van der Waals surface area contributed by atoms with Gasteiger partial charge in [-0.15, -0.1) is 11.3 Å². The summed E-state index contributed by atoms with van der Waals surface area (Å²) < 4.78 is 1.60. The van der Waals surface area contributed by atoms with E-state index in [1.807, 2.05) is 67.8 Å². The molecule has 0 fully saturated rings. The quantitative estimate of drug-likeness (QED) is 0.293. The molecular formula is C25H25N3O2S2. The Morgan fingerprint density at radius 1 is 1.06 bits per heavy atom. The van der Waals surface area contributed by atoms with Crippen LogP contribution in [0.15, 0.2) is 82.1 Å². The highest BCUT2D eigenvalue weighted by atomic mass is 32.2. The lowest BCUT2D eigenvalue weighted by atomic mass is 10.1. The lowest BCUT2D eigenvalue weighted by molar-refractivity contribution is -0.120. The van der Waals surface area contributed by atoms with E-state index in [0.29, 0.717) is 15.4 Å². The number of aromatic nitrogens is 2. The van der Waals surface area contributed by atoms with Crippen LogP contribution in [0, 0.1) is 0 Å². The van der Waals surface area contributed by atoms with Crippen LogP contribution in [0.1, 0.15) is 25.8 Å². The van der Waals surface area contributed by atoms with Crippen molar-refractivity contribution in [2.45, 2.75) is 43.1 Å². The number of nitrogens with zero attached hydrogens (tertiary/aromatic N) is 2. The molecule has 1 N–H and O–H groups in total. The lowest BCUT2D eigenvalue weighted by Gasteiger charge is -2.19. The van der Waals surface area contributed by atoms with Gasteiger partial charge >= 0.3 is 0 Å². The summed E-state index contributed by atoms with van der Waals surface area (Å²) in [5.41, 5.74) is 1.88. The first kappa shape index (κ1) is 22.3. The fourth-order valence-corrected chi connectivity index (χ4v) is 5.19. The summed E-state index contributed by atoms with van der Waals surface area (Å²) in [6.07, 6.45) is 1.77. The minimum Gasteiger partial charge on any atom is -0.353 e. The minimum absolute atomic E-state index is 0.0507. The molecule has 0 aliphatic heterocycles. The fourth-order valence-electron chi connectivity index (χ4n) is 3.45. The zero-order valence-corrected chi connectivity index (χ0v) is 19.7. The average Bonchev–Trinajstić information content (AvgIpc) is 3.28. The standard InChI is InChI=1S/C25H25N3O2S2/c1-17(13-14-19-9-5-3-6-10-19)26-22(29)18(2)32-25-27-23-21(15-16-31-23)24(30)28(25)20-11-7-4-8-12-20/h3-12,15-18H,13-14H2,1-2H3,(H,26,29). The van der Waals surface area contributed by atoms with E-state index < -0.39 is 5.25 Å². The zero-order valence-electron chi connectivity index (χ0n) is 18.0. The van der Waals surface area contributed by atoms with Crippen molar-refractivity contribution in [1.29, 1.82) is 0 Å². The maximum absolute atomic E-state index is 13.2. The molecule has 1 amide bonds. The first-order valence-electron chi connectivity index (χ1n) is 10.6. The fraction of sp³-hybridized carbons (Fsp3) is 0.240. The molecule has 4 aromatic rings. The van der Waals surface area contributed by atoms with E-state index in [0.717, 1.165) is 18.5 Å². The third kappa shape index (κ3) is 5.11. The van der Waals surface area contributed by atoms with Gasteiger partial charge in [0.15, 0.2) is 5.16 Å². The third-order valence-corrected chi connectivity index (χ3v) is 7.09. The summed E-state index contributed by atoms with van der Waals surface area (Å²) in [7, 11) is 0. The van der Waals surface area contributed by atoms with Crippen LogP contribution in [0.3, 0.4) is 0 Å². The van der Waals surface area contributed by atoms with Crippen LogP contribution in [0.2, 0.25) is 0 Å². The molecule has 0 spiro atoms. The molecule has 0 saturated carbocycles. The Morgan fingerprint density at radius 3 is 2.47 bits per heavy atom. The molecule has 0 saturated heterocycles. The first-order chi connectivity index (χ1) is 15.5. The largest absolute Gasteiger partial charge is 0.353 e. The molecule has 32 heavy (non-hydrogen) atoms. The van der Waals surface area contributed by atoms with Gasteiger partial charge in [0.05, 0.1) is 16.3 Å². The Bertz CT molecular complexity index is 1250. The number of amides is 1. The second-order valence-corrected chi connectivity index (χ2v) is 9.91. The number of nitrogens with one attached hydrogen (secondary N) is 1. The first-order valence-corrected chi connectivity index (χ1v) is 12.4. The summed E-state index contributed by atoms with van der Waals surface area (Å²) in [6, 6.07) is 21.5. The highest BCUT2D eigenvalue weighted by Gasteiger charge is 2.21. The van der Waals surface area contributed by atoms with E-state index in [1.54, 1.807) is 10.6 Å². The van der Waals surface area contributed by atoms with Crippen molar-refractivity contribution in [2.75, 3.05) is 0 Å². The van der Waals surface area contributed by atoms with Gasteiger partial charge in [-0.1, -0.05) is 60.3 Å². The van der Waals surface area contributed by atoms with E-state index >= 15 is 0 Å². The lowest BCUT2D eigenvalue weighted by Crippen LogP contribution is -2.38. The topological polar surface area (TPSA) is 64.0 Å². The van der Waals surface area contributed by atoms with Gasteiger partial charge in [0, 0.05) is 6.04 Å². The van der Waals surface area contributed by atoms with Crippen molar-refractivity contribution < 1.29 is 4.79 Å². The van der Waals surface area contributed by atoms with Crippen LogP contribution >= 0.6 is 23.1 Å². The highest BCUT2D eigenvalue weighted by Crippen LogP contribution is 2.27. The number of aryl methyl sites for hydroxylation is 1. The van der Waals surface area contributed by atoms with Gasteiger partial charge in [0.25, 0.3) is 5.56 Å². The maximum Gasteiger partial charge on any atom is 0.267 e. The Morgan fingerprint density at radius 2 is 1.75 bits per heavy atom. The summed E-state index contributed by atoms with van der Waals surface area (Å²) in [6.45, 7) is 3.87. The molecule has 2 atom stereocenters. The van der Waals surface area contributed by atoms with Gasteiger partial charge in [0.1, 0.15) is 4.83 Å². The van der Waals surface area contributed by atoms with Crippen LogP contribution in [-0.4, -0.2) is 26.8 Å². The van der Waals surface area contributed by atoms with Crippen molar-refractivity contribution in [1.82, 2.24) is 14.9 Å². The Kier molecular flexibility index (Phi) is 7.07. The molecule has 2 unspecified atom stereocenters. The van der Waals surface area contributed by atoms with Gasteiger partial charge in [-0.3, -0.25) is 14.2 Å². The molecule has 5 nitrogen and oxygen atoms in total. The molecule has 2 heterocycles. The zero-order chi connectivity index (χ0) is 22.5. The molecule has 164 valence electrons. The van der Waals surface area contributed by atoms with Crippen LogP contribution in [0.4, 0.5) is 0 Å². The van der Waals surface area contributed by atoms with E-state index in [4.69, 9.17) is 4.98 Å². The van der Waals surface area contributed by atoms with Crippen LogP contribution < -0.4 is 10.9 Å². The normalized spacial score (nSPS) is 13.1. The van der Waals surface area contributed by atoms with Crippen molar-refractivity contribution in [2.24, 2.45) is 0 Å². The number of hydrogen-bond donors (Lipinski definition) is 1. The molecule has 0 radical (unpaired) electrons. The number of carbonyl (C=O) groups excluding carboxylic acids is 1. The van der Waals surface area contributed by atoms with Gasteiger partial charge in [-0.05, 0) is 55.8 Å².